The van der Waals surface area contributed by atoms with E-state index < -0.39 is 17.9 Å². The molecule has 0 saturated carbocycles. The highest BCUT2D eigenvalue weighted by atomic mass is 16.6. The van der Waals surface area contributed by atoms with Crippen molar-refractivity contribution in [1.29, 1.82) is 0 Å². The van der Waals surface area contributed by atoms with Crippen LogP contribution in [0.4, 0.5) is 0 Å². The van der Waals surface area contributed by atoms with Crippen LogP contribution in [0.15, 0.2) is 5.16 Å². The number of hydrogen-bond acceptors (Lipinski definition) is 4. The Kier molecular flexibility index (Phi) is 5.28. The Balaban J connectivity index is 3.90. The van der Waals surface area contributed by atoms with Crippen molar-refractivity contribution in [1.82, 2.24) is 0 Å². The molecule has 80 valence electrons. The summed E-state index contributed by atoms with van der Waals surface area (Å²) in [4.78, 5) is 25.5. The van der Waals surface area contributed by atoms with Gasteiger partial charge in [0.2, 0.25) is 0 Å². The minimum atomic E-state index is -1.43. The van der Waals surface area contributed by atoms with Crippen LogP contribution in [-0.2, 0) is 14.4 Å². The fraction of sp³-hybridized carbons (Fsp3) is 0.625. The standard InChI is InChI=1S/C8H13NO5/c1-5(2)9-14-4-3-6(7(10)11)8(12)13/h6H,3-4H2,1-2H3,(H,10,11)(H,12,13). The molecule has 0 aromatic rings. The first-order chi connectivity index (χ1) is 6.45. The normalized spacial score (nSPS) is 9.64. The second-order valence-corrected chi connectivity index (χ2v) is 2.89. The second-order valence-electron chi connectivity index (χ2n) is 2.89. The molecule has 0 atom stereocenters. The van der Waals surface area contributed by atoms with E-state index >= 15 is 0 Å². The van der Waals surface area contributed by atoms with Crippen molar-refractivity contribution in [3.63, 3.8) is 0 Å². The molecule has 0 aliphatic carbocycles. The smallest absolute Gasteiger partial charge is 0.318 e. The first-order valence-corrected chi connectivity index (χ1v) is 4.04. The third-order valence-electron chi connectivity index (χ3n) is 1.34. The van der Waals surface area contributed by atoms with E-state index in [1.807, 2.05) is 0 Å². The van der Waals surface area contributed by atoms with E-state index in [1.165, 1.54) is 0 Å². The van der Waals surface area contributed by atoms with Crippen molar-refractivity contribution in [2.75, 3.05) is 6.61 Å². The fourth-order valence-corrected chi connectivity index (χ4v) is 0.698. The van der Waals surface area contributed by atoms with Crippen LogP contribution >= 0.6 is 0 Å². The molecule has 14 heavy (non-hydrogen) atoms. The van der Waals surface area contributed by atoms with Crippen LogP contribution in [0, 0.1) is 5.92 Å². The number of rotatable bonds is 6. The Morgan fingerprint density at radius 3 is 2.14 bits per heavy atom. The summed E-state index contributed by atoms with van der Waals surface area (Å²) in [6, 6.07) is 0. The Bertz CT molecular complexity index is 230. The van der Waals surface area contributed by atoms with Crippen molar-refractivity contribution >= 4 is 17.7 Å². The van der Waals surface area contributed by atoms with Crippen LogP contribution in [0.25, 0.3) is 0 Å². The third-order valence-corrected chi connectivity index (χ3v) is 1.34. The van der Waals surface area contributed by atoms with Gasteiger partial charge in [-0.1, -0.05) is 5.16 Å². The molecule has 0 fully saturated rings. The molecular weight excluding hydrogens is 190 g/mol. The van der Waals surface area contributed by atoms with Crippen LogP contribution in [0.5, 0.6) is 0 Å². The SMILES string of the molecule is CC(C)=NOCCC(C(=O)O)C(=O)O. The Morgan fingerprint density at radius 1 is 1.29 bits per heavy atom. The maximum Gasteiger partial charge on any atom is 0.318 e. The van der Waals surface area contributed by atoms with E-state index in [9.17, 15) is 9.59 Å². The summed E-state index contributed by atoms with van der Waals surface area (Å²) >= 11 is 0. The van der Waals surface area contributed by atoms with Gasteiger partial charge in [0.25, 0.3) is 0 Å². The number of carbonyl (C=O) groups is 2. The lowest BCUT2D eigenvalue weighted by atomic mass is 10.1. The minimum absolute atomic E-state index is 0.0194. The fourth-order valence-electron chi connectivity index (χ4n) is 0.698. The zero-order valence-electron chi connectivity index (χ0n) is 8.06. The van der Waals surface area contributed by atoms with Gasteiger partial charge in [-0.05, 0) is 13.8 Å². The lowest BCUT2D eigenvalue weighted by Gasteiger charge is -2.05. The van der Waals surface area contributed by atoms with Gasteiger partial charge in [0.05, 0.1) is 5.71 Å². The lowest BCUT2D eigenvalue weighted by Crippen LogP contribution is -2.24. The summed E-state index contributed by atoms with van der Waals surface area (Å²) in [5.41, 5.74) is 0.687. The second kappa shape index (κ2) is 5.95. The zero-order valence-corrected chi connectivity index (χ0v) is 8.06. The van der Waals surface area contributed by atoms with E-state index in [2.05, 4.69) is 9.99 Å². The highest BCUT2D eigenvalue weighted by molar-refractivity contribution is 5.92. The van der Waals surface area contributed by atoms with Gasteiger partial charge >= 0.3 is 11.9 Å². The largest absolute Gasteiger partial charge is 0.481 e. The molecule has 0 aromatic carbocycles. The highest BCUT2D eigenvalue weighted by Gasteiger charge is 2.25. The Hall–Kier alpha value is -1.59. The highest BCUT2D eigenvalue weighted by Crippen LogP contribution is 2.04. The summed E-state index contributed by atoms with van der Waals surface area (Å²) in [5.74, 6) is -4.15. The van der Waals surface area contributed by atoms with Gasteiger partial charge in [0.15, 0.2) is 5.92 Å². The Morgan fingerprint density at radius 2 is 1.79 bits per heavy atom. The summed E-state index contributed by atoms with van der Waals surface area (Å²) < 4.78 is 0. The van der Waals surface area contributed by atoms with E-state index in [0.717, 1.165) is 0 Å². The molecular formula is C8H13NO5. The maximum atomic E-state index is 10.4. The van der Waals surface area contributed by atoms with Crippen molar-refractivity contribution < 1.29 is 24.6 Å². The summed E-state index contributed by atoms with van der Waals surface area (Å²) in [6.07, 6.45) is -0.0958. The number of hydrogen-bond donors (Lipinski definition) is 2. The van der Waals surface area contributed by atoms with Gasteiger partial charge in [-0.15, -0.1) is 0 Å². The van der Waals surface area contributed by atoms with Crippen LogP contribution in [0.1, 0.15) is 20.3 Å². The van der Waals surface area contributed by atoms with Crippen LogP contribution < -0.4 is 0 Å². The number of nitrogens with zero attached hydrogens (tertiary/aromatic N) is 1. The molecule has 0 saturated heterocycles. The molecule has 6 nitrogen and oxygen atoms in total. The maximum absolute atomic E-state index is 10.4. The van der Waals surface area contributed by atoms with Gasteiger partial charge in [-0.3, -0.25) is 9.59 Å². The summed E-state index contributed by atoms with van der Waals surface area (Å²) in [7, 11) is 0. The average Bonchev–Trinajstić information content (AvgIpc) is 2.01. The molecule has 0 heterocycles. The van der Waals surface area contributed by atoms with Crippen molar-refractivity contribution in [3.8, 4) is 0 Å². The number of oxime groups is 1. The van der Waals surface area contributed by atoms with E-state index in [1.54, 1.807) is 13.8 Å². The molecule has 0 aliphatic rings. The number of carboxylic acids is 2. The molecule has 0 rings (SSSR count). The van der Waals surface area contributed by atoms with E-state index in [-0.39, 0.29) is 13.0 Å². The molecule has 0 radical (unpaired) electrons. The third kappa shape index (κ3) is 5.13. The van der Waals surface area contributed by atoms with Crippen molar-refractivity contribution in [3.05, 3.63) is 0 Å². The lowest BCUT2D eigenvalue weighted by molar-refractivity contribution is -0.155. The van der Waals surface area contributed by atoms with Gasteiger partial charge in [0.1, 0.15) is 6.61 Å². The Labute approximate surface area is 81.2 Å². The van der Waals surface area contributed by atoms with Crippen LogP contribution in [0.3, 0.4) is 0 Å². The molecule has 0 spiro atoms. The average molecular weight is 203 g/mol. The van der Waals surface area contributed by atoms with Crippen LogP contribution in [0.2, 0.25) is 0 Å². The predicted molar refractivity (Wildman–Crippen MR) is 48.1 cm³/mol. The molecule has 0 aliphatic heterocycles. The van der Waals surface area contributed by atoms with Gasteiger partial charge in [-0.25, -0.2) is 0 Å². The zero-order chi connectivity index (χ0) is 11.1. The first-order valence-electron chi connectivity index (χ1n) is 4.04. The first kappa shape index (κ1) is 12.4. The predicted octanol–water partition coefficient (Wildman–Crippen LogP) is 0.574. The molecule has 0 bridgehead atoms. The van der Waals surface area contributed by atoms with Crippen molar-refractivity contribution in [2.45, 2.75) is 20.3 Å². The van der Waals surface area contributed by atoms with Crippen molar-refractivity contribution in [2.24, 2.45) is 11.1 Å². The molecule has 0 amide bonds. The monoisotopic (exact) mass is 203 g/mol. The molecule has 0 unspecified atom stereocenters. The molecule has 0 aromatic heterocycles. The number of aliphatic carboxylic acids is 2. The topological polar surface area (TPSA) is 96.2 Å². The van der Waals surface area contributed by atoms with Crippen LogP contribution in [-0.4, -0.2) is 34.5 Å². The molecule has 2 N–H and O–H groups in total. The quantitative estimate of drug-likeness (QED) is 0.285. The number of carboxylic acid groups (broad SMARTS) is 2. The summed E-state index contributed by atoms with van der Waals surface area (Å²) in [6.45, 7) is 3.41. The van der Waals surface area contributed by atoms with Gasteiger partial charge in [-0.2, -0.15) is 0 Å². The molecule has 6 heteroatoms. The van der Waals surface area contributed by atoms with E-state index in [4.69, 9.17) is 10.2 Å². The van der Waals surface area contributed by atoms with Gasteiger partial charge < -0.3 is 15.1 Å². The van der Waals surface area contributed by atoms with Gasteiger partial charge in [0, 0.05) is 6.42 Å². The summed E-state index contributed by atoms with van der Waals surface area (Å²) in [5, 5.41) is 20.5. The minimum Gasteiger partial charge on any atom is -0.481 e. The van der Waals surface area contributed by atoms with E-state index in [0.29, 0.717) is 5.71 Å².